The summed E-state index contributed by atoms with van der Waals surface area (Å²) in [5.41, 5.74) is 3.24. The second-order valence-electron chi connectivity index (χ2n) is 6.01. The Hall–Kier alpha value is -0.420. The van der Waals surface area contributed by atoms with Crippen molar-refractivity contribution in [3.8, 4) is 19.5 Å². The molecule has 0 spiro atoms. The molecule has 0 aliphatic heterocycles. The van der Waals surface area contributed by atoms with E-state index in [0.717, 1.165) is 0 Å². The Morgan fingerprint density at radius 3 is 2.00 bits per heavy atom. The fourth-order valence-electron chi connectivity index (χ4n) is 2.98. The Morgan fingerprint density at radius 1 is 0.833 bits per heavy atom. The molecule has 0 saturated heterocycles. The van der Waals surface area contributed by atoms with E-state index in [1.54, 1.807) is 11.1 Å². The summed E-state index contributed by atoms with van der Waals surface area (Å²) < 4.78 is 1.22. The molecule has 0 bridgehead atoms. The molecule has 3 aromatic rings. The summed E-state index contributed by atoms with van der Waals surface area (Å²) in [6.07, 6.45) is 7.49. The van der Waals surface area contributed by atoms with Crippen LogP contribution in [0.15, 0.2) is 33.4 Å². The van der Waals surface area contributed by atoms with Gasteiger partial charge in [0.15, 0.2) is 0 Å². The van der Waals surface area contributed by atoms with E-state index in [1.165, 1.54) is 61.8 Å². The molecule has 0 unspecified atom stereocenters. The molecule has 0 fully saturated rings. The topological polar surface area (TPSA) is 0 Å². The molecule has 0 N–H and O–H groups in total. The average molecular weight is 440 g/mol. The van der Waals surface area contributed by atoms with E-state index in [-0.39, 0.29) is 0 Å². The number of unbranched alkanes of at least 4 members (excludes halogenated alkanes) is 2. The van der Waals surface area contributed by atoms with Crippen molar-refractivity contribution in [3.63, 3.8) is 0 Å². The maximum atomic E-state index is 3.64. The predicted molar refractivity (Wildman–Crippen MR) is 116 cm³/mol. The highest BCUT2D eigenvalue weighted by Gasteiger charge is 2.21. The van der Waals surface area contributed by atoms with Crippen molar-refractivity contribution in [2.75, 3.05) is 0 Å². The minimum Gasteiger partial charge on any atom is -0.143 e. The number of hydrogen-bond donors (Lipinski definition) is 0. The van der Waals surface area contributed by atoms with Crippen molar-refractivity contribution in [1.82, 2.24) is 0 Å². The zero-order chi connectivity index (χ0) is 16.9. The van der Waals surface area contributed by atoms with Crippen molar-refractivity contribution in [1.29, 1.82) is 0 Å². The summed E-state index contributed by atoms with van der Waals surface area (Å²) in [4.78, 5) is 5.88. The Balaban J connectivity index is 2.12. The highest BCUT2D eigenvalue weighted by Crippen LogP contribution is 2.47. The monoisotopic (exact) mass is 438 g/mol. The summed E-state index contributed by atoms with van der Waals surface area (Å²) in [6.45, 7) is 4.58. The van der Waals surface area contributed by atoms with Crippen LogP contribution in [0.3, 0.4) is 0 Å². The Bertz CT molecular complexity index is 765. The van der Waals surface area contributed by atoms with Gasteiger partial charge >= 0.3 is 0 Å². The van der Waals surface area contributed by atoms with Gasteiger partial charge < -0.3 is 0 Å². The van der Waals surface area contributed by atoms with Gasteiger partial charge in [-0.2, -0.15) is 0 Å². The van der Waals surface area contributed by atoms with Gasteiger partial charge in [-0.15, -0.1) is 34.0 Å². The van der Waals surface area contributed by atoms with Gasteiger partial charge in [0.05, 0.1) is 3.79 Å². The Morgan fingerprint density at radius 2 is 1.50 bits per heavy atom. The predicted octanol–water partition coefficient (Wildman–Crippen LogP) is 8.65. The van der Waals surface area contributed by atoms with Crippen LogP contribution in [-0.2, 0) is 12.8 Å². The van der Waals surface area contributed by atoms with Crippen LogP contribution in [0.4, 0.5) is 0 Å². The summed E-state index contributed by atoms with van der Waals surface area (Å²) in [6, 6.07) is 8.91. The first-order valence-corrected chi connectivity index (χ1v) is 12.0. The SMILES string of the molecule is CCCCc1c(-c2cccs2)sc(-c2ccc(Br)s2)c1CCCC. The molecule has 0 saturated carbocycles. The van der Waals surface area contributed by atoms with Crippen LogP contribution >= 0.6 is 49.9 Å². The van der Waals surface area contributed by atoms with Crippen LogP contribution in [0.2, 0.25) is 0 Å². The molecule has 128 valence electrons. The molecule has 0 aliphatic carbocycles. The van der Waals surface area contributed by atoms with Gasteiger partial charge in [0.1, 0.15) is 0 Å². The van der Waals surface area contributed by atoms with Crippen molar-refractivity contribution < 1.29 is 0 Å². The van der Waals surface area contributed by atoms with Gasteiger partial charge in [-0.1, -0.05) is 32.8 Å². The lowest BCUT2D eigenvalue weighted by atomic mass is 9.97. The third-order valence-electron chi connectivity index (χ3n) is 4.22. The van der Waals surface area contributed by atoms with Gasteiger partial charge in [-0.05, 0) is 76.3 Å². The second kappa shape index (κ2) is 8.79. The zero-order valence-electron chi connectivity index (χ0n) is 14.2. The number of hydrogen-bond acceptors (Lipinski definition) is 3. The minimum atomic E-state index is 1.21. The molecule has 3 heterocycles. The lowest BCUT2D eigenvalue weighted by Gasteiger charge is -2.08. The van der Waals surface area contributed by atoms with Crippen LogP contribution in [0, 0.1) is 0 Å². The van der Waals surface area contributed by atoms with Crippen LogP contribution < -0.4 is 0 Å². The molecule has 0 atom stereocenters. The summed E-state index contributed by atoms with van der Waals surface area (Å²) in [7, 11) is 0. The summed E-state index contributed by atoms with van der Waals surface area (Å²) in [5.74, 6) is 0. The Kier molecular flexibility index (Phi) is 6.73. The van der Waals surface area contributed by atoms with Crippen LogP contribution in [-0.4, -0.2) is 0 Å². The van der Waals surface area contributed by atoms with Gasteiger partial charge in [0.25, 0.3) is 0 Å². The highest BCUT2D eigenvalue weighted by atomic mass is 79.9. The summed E-state index contributed by atoms with van der Waals surface area (Å²) in [5, 5.41) is 2.20. The third-order valence-corrected chi connectivity index (χ3v) is 8.35. The molecular weight excluding hydrogens is 416 g/mol. The van der Waals surface area contributed by atoms with E-state index in [0.29, 0.717) is 0 Å². The van der Waals surface area contributed by atoms with E-state index >= 15 is 0 Å². The maximum Gasteiger partial charge on any atom is 0.0705 e. The molecular formula is C20H23BrS3. The van der Waals surface area contributed by atoms with Crippen LogP contribution in [0.5, 0.6) is 0 Å². The normalized spacial score (nSPS) is 11.3. The minimum absolute atomic E-state index is 1.21. The number of halogens is 1. The molecule has 0 radical (unpaired) electrons. The van der Waals surface area contributed by atoms with E-state index < -0.39 is 0 Å². The third kappa shape index (κ3) is 4.04. The largest absolute Gasteiger partial charge is 0.143 e. The molecule has 4 heteroatoms. The zero-order valence-corrected chi connectivity index (χ0v) is 18.3. The quantitative estimate of drug-likeness (QED) is 0.329. The molecule has 0 nitrogen and oxygen atoms in total. The first-order chi connectivity index (χ1) is 11.7. The van der Waals surface area contributed by atoms with Gasteiger partial charge in [-0.3, -0.25) is 0 Å². The van der Waals surface area contributed by atoms with Crippen molar-refractivity contribution >= 4 is 49.9 Å². The molecule has 24 heavy (non-hydrogen) atoms. The van der Waals surface area contributed by atoms with Gasteiger partial charge in [-0.25, -0.2) is 0 Å². The van der Waals surface area contributed by atoms with E-state index in [2.05, 4.69) is 59.4 Å². The molecule has 3 aromatic heterocycles. The van der Waals surface area contributed by atoms with Crippen molar-refractivity contribution in [2.24, 2.45) is 0 Å². The molecule has 0 aromatic carbocycles. The lowest BCUT2D eigenvalue weighted by Crippen LogP contribution is -1.94. The van der Waals surface area contributed by atoms with Crippen molar-refractivity contribution in [2.45, 2.75) is 52.4 Å². The van der Waals surface area contributed by atoms with E-state index in [1.807, 2.05) is 34.0 Å². The molecule has 0 amide bonds. The number of thiophene rings is 3. The fraction of sp³-hybridized carbons (Fsp3) is 0.400. The standard InChI is InChI=1S/C20H23BrS3/c1-3-5-8-14-15(9-6-4-2)20(17-11-12-18(21)23-17)24-19(14)16-10-7-13-22-16/h7,10-13H,3-6,8-9H2,1-2H3. The van der Waals surface area contributed by atoms with Gasteiger partial charge in [0, 0.05) is 19.5 Å². The van der Waals surface area contributed by atoms with Crippen LogP contribution in [0.1, 0.15) is 50.7 Å². The van der Waals surface area contributed by atoms with Crippen LogP contribution in [0.25, 0.3) is 19.5 Å². The first kappa shape index (κ1) is 18.4. The maximum absolute atomic E-state index is 3.64. The van der Waals surface area contributed by atoms with E-state index in [9.17, 15) is 0 Å². The van der Waals surface area contributed by atoms with Gasteiger partial charge in [0.2, 0.25) is 0 Å². The Labute approximate surface area is 165 Å². The smallest absolute Gasteiger partial charge is 0.0705 e. The highest BCUT2D eigenvalue weighted by molar-refractivity contribution is 9.11. The lowest BCUT2D eigenvalue weighted by molar-refractivity contribution is 0.764. The van der Waals surface area contributed by atoms with E-state index in [4.69, 9.17) is 0 Å². The molecule has 0 aliphatic rings. The second-order valence-corrected chi connectivity index (χ2v) is 10.4. The van der Waals surface area contributed by atoms with Crippen molar-refractivity contribution in [3.05, 3.63) is 44.6 Å². The number of rotatable bonds is 8. The average Bonchev–Trinajstić information content (AvgIpc) is 3.30. The first-order valence-electron chi connectivity index (χ1n) is 8.68. The fourth-order valence-corrected chi connectivity index (χ4v) is 6.78. The molecule has 3 rings (SSSR count). The summed E-state index contributed by atoms with van der Waals surface area (Å²) >= 11 is 9.39.